The molecule has 232 valence electrons. The van der Waals surface area contributed by atoms with Gasteiger partial charge in [-0.3, -0.25) is 0 Å². The molecule has 14 heteroatoms. The lowest BCUT2D eigenvalue weighted by molar-refractivity contribution is 0.0980. The third-order valence-corrected chi connectivity index (χ3v) is 8.36. The van der Waals surface area contributed by atoms with Crippen molar-refractivity contribution in [2.24, 2.45) is 5.92 Å². The van der Waals surface area contributed by atoms with Crippen molar-refractivity contribution < 1.29 is 37.6 Å². The second kappa shape index (κ2) is 14.8. The second-order valence-corrected chi connectivity index (χ2v) is 12.3. The van der Waals surface area contributed by atoms with E-state index in [4.69, 9.17) is 14.2 Å². The minimum Gasteiger partial charge on any atom is -0.494 e. The molecule has 43 heavy (non-hydrogen) atoms. The SMILES string of the molecule is CC(C)CN(C[C@@H](O)[C@H](Cc1ccc(OCCCNc2ncccn2)cc1)NC(=O)O)S(=O)(=O)c1ccc2c(c1)OCO2. The highest BCUT2D eigenvalue weighted by molar-refractivity contribution is 7.89. The third kappa shape index (κ3) is 9.17. The number of fused-ring (bicyclic) bond motifs is 1. The average Bonchev–Trinajstić information content (AvgIpc) is 3.45. The van der Waals surface area contributed by atoms with Gasteiger partial charge in [-0.1, -0.05) is 26.0 Å². The van der Waals surface area contributed by atoms with Crippen molar-refractivity contribution in [3.63, 3.8) is 0 Å². The molecule has 1 aromatic heterocycles. The molecular formula is C29H37N5O8S. The van der Waals surface area contributed by atoms with Crippen LogP contribution in [0.15, 0.2) is 65.8 Å². The van der Waals surface area contributed by atoms with E-state index in [1.807, 2.05) is 13.8 Å². The highest BCUT2D eigenvalue weighted by Gasteiger charge is 2.32. The van der Waals surface area contributed by atoms with E-state index in [1.54, 1.807) is 42.7 Å². The highest BCUT2D eigenvalue weighted by Crippen LogP contribution is 2.35. The number of aromatic nitrogens is 2. The Morgan fingerprint density at radius 3 is 2.49 bits per heavy atom. The maximum absolute atomic E-state index is 13.6. The smallest absolute Gasteiger partial charge is 0.404 e. The zero-order chi connectivity index (χ0) is 30.8. The van der Waals surface area contributed by atoms with Crippen molar-refractivity contribution >= 4 is 22.1 Å². The molecule has 0 spiro atoms. The first kappa shape index (κ1) is 31.8. The van der Waals surface area contributed by atoms with Crippen LogP contribution in [0.2, 0.25) is 0 Å². The number of anilines is 1. The van der Waals surface area contributed by atoms with Crippen LogP contribution in [0.1, 0.15) is 25.8 Å². The van der Waals surface area contributed by atoms with E-state index < -0.39 is 28.3 Å². The summed E-state index contributed by atoms with van der Waals surface area (Å²) in [7, 11) is -4.05. The average molecular weight is 616 g/mol. The predicted octanol–water partition coefficient (Wildman–Crippen LogP) is 2.97. The van der Waals surface area contributed by atoms with E-state index in [1.165, 1.54) is 22.5 Å². The lowest BCUT2D eigenvalue weighted by Gasteiger charge is -2.30. The van der Waals surface area contributed by atoms with Crippen LogP contribution < -0.4 is 24.8 Å². The molecule has 2 atom stereocenters. The Kier molecular flexibility index (Phi) is 11.0. The Balaban J connectivity index is 1.37. The second-order valence-electron chi connectivity index (χ2n) is 10.4. The van der Waals surface area contributed by atoms with Crippen LogP contribution >= 0.6 is 0 Å². The lowest BCUT2D eigenvalue weighted by atomic mass is 10.0. The molecular weight excluding hydrogens is 578 g/mol. The van der Waals surface area contributed by atoms with Crippen LogP contribution in [0.5, 0.6) is 17.2 Å². The number of nitrogens with zero attached hydrogens (tertiary/aromatic N) is 3. The molecule has 1 aliphatic rings. The number of hydrogen-bond donors (Lipinski definition) is 4. The molecule has 0 saturated carbocycles. The topological polar surface area (TPSA) is 172 Å². The van der Waals surface area contributed by atoms with Gasteiger partial charge in [-0.25, -0.2) is 23.2 Å². The predicted molar refractivity (Wildman–Crippen MR) is 158 cm³/mol. The molecule has 0 aliphatic carbocycles. The number of amides is 1. The quantitative estimate of drug-likeness (QED) is 0.175. The fourth-order valence-corrected chi connectivity index (χ4v) is 6.11. The molecule has 0 bridgehead atoms. The van der Waals surface area contributed by atoms with Crippen molar-refractivity contribution in [3.8, 4) is 17.2 Å². The zero-order valence-electron chi connectivity index (χ0n) is 24.0. The molecule has 0 saturated heterocycles. The fourth-order valence-electron chi connectivity index (χ4n) is 4.47. The fraction of sp³-hybridized carbons (Fsp3) is 0.414. The van der Waals surface area contributed by atoms with Gasteiger partial charge in [-0.05, 0) is 54.7 Å². The Morgan fingerprint density at radius 1 is 1.07 bits per heavy atom. The van der Waals surface area contributed by atoms with E-state index >= 15 is 0 Å². The molecule has 1 aliphatic heterocycles. The number of carboxylic acid groups (broad SMARTS) is 1. The van der Waals surface area contributed by atoms with Crippen LogP contribution in [0, 0.1) is 5.92 Å². The van der Waals surface area contributed by atoms with Crippen LogP contribution in [0.4, 0.5) is 10.7 Å². The summed E-state index contributed by atoms with van der Waals surface area (Å²) < 4.78 is 44.8. The van der Waals surface area contributed by atoms with E-state index in [2.05, 4.69) is 20.6 Å². The molecule has 3 aromatic rings. The van der Waals surface area contributed by atoms with Gasteiger partial charge < -0.3 is 35.1 Å². The first-order valence-electron chi connectivity index (χ1n) is 13.9. The summed E-state index contributed by atoms with van der Waals surface area (Å²) in [5, 5.41) is 26.1. The van der Waals surface area contributed by atoms with Gasteiger partial charge in [0.15, 0.2) is 11.5 Å². The summed E-state index contributed by atoms with van der Waals surface area (Å²) in [4.78, 5) is 19.8. The van der Waals surface area contributed by atoms with Gasteiger partial charge in [0.1, 0.15) is 5.75 Å². The number of hydrogen-bond acceptors (Lipinski definition) is 10. The van der Waals surface area contributed by atoms with Gasteiger partial charge in [-0.2, -0.15) is 4.31 Å². The number of benzene rings is 2. The molecule has 0 radical (unpaired) electrons. The molecule has 2 heterocycles. The summed E-state index contributed by atoms with van der Waals surface area (Å²) in [6, 6.07) is 12.2. The van der Waals surface area contributed by atoms with Crippen molar-refractivity contribution in [1.82, 2.24) is 19.6 Å². The number of rotatable bonds is 16. The molecule has 13 nitrogen and oxygen atoms in total. The van der Waals surface area contributed by atoms with E-state index in [0.29, 0.717) is 36.3 Å². The Labute approximate surface area is 250 Å². The largest absolute Gasteiger partial charge is 0.494 e. The standard InChI is InChI=1S/C29H37N5O8S/c1-20(2)17-34(43(38,39)23-9-10-26-27(16-23)42-19-41-26)18-25(35)24(33-29(36)37)15-21-5-7-22(8-6-21)40-14-4-13-32-28-30-11-3-12-31-28/h3,5-12,16,20,24-25,33,35H,4,13-15,17-19H2,1-2H3,(H,36,37)(H,30,31,32)/t24-,25+/m0/s1. The van der Waals surface area contributed by atoms with Crippen molar-refractivity contribution in [3.05, 3.63) is 66.5 Å². The Hall–Kier alpha value is -4.14. The van der Waals surface area contributed by atoms with Crippen LogP contribution in [0.3, 0.4) is 0 Å². The first-order valence-corrected chi connectivity index (χ1v) is 15.4. The monoisotopic (exact) mass is 615 g/mol. The number of nitrogens with one attached hydrogen (secondary N) is 2. The number of ether oxygens (including phenoxy) is 3. The van der Waals surface area contributed by atoms with E-state index in [-0.39, 0.29) is 37.1 Å². The third-order valence-electron chi connectivity index (χ3n) is 6.53. The summed E-state index contributed by atoms with van der Waals surface area (Å²) in [5.41, 5.74) is 0.738. The van der Waals surface area contributed by atoms with E-state index in [9.17, 15) is 23.4 Å². The van der Waals surface area contributed by atoms with Gasteiger partial charge in [0.25, 0.3) is 0 Å². The summed E-state index contributed by atoms with van der Waals surface area (Å²) in [6.45, 7) is 4.63. The van der Waals surface area contributed by atoms with Gasteiger partial charge in [0.05, 0.1) is 23.6 Å². The minimum absolute atomic E-state index is 0.00493. The van der Waals surface area contributed by atoms with Crippen molar-refractivity contribution in [1.29, 1.82) is 0 Å². The van der Waals surface area contributed by atoms with Gasteiger partial charge in [0.2, 0.25) is 22.8 Å². The van der Waals surface area contributed by atoms with Gasteiger partial charge in [-0.15, -0.1) is 0 Å². The molecule has 1 amide bonds. The molecule has 2 aromatic carbocycles. The number of sulfonamides is 1. The Morgan fingerprint density at radius 2 is 1.79 bits per heavy atom. The molecule has 0 fully saturated rings. The van der Waals surface area contributed by atoms with Crippen LogP contribution in [-0.4, -0.2) is 84.2 Å². The summed E-state index contributed by atoms with van der Waals surface area (Å²) >= 11 is 0. The normalized spacial score (nSPS) is 14.0. The van der Waals surface area contributed by atoms with Crippen LogP contribution in [0.25, 0.3) is 0 Å². The van der Waals surface area contributed by atoms with Gasteiger partial charge >= 0.3 is 6.09 Å². The molecule has 4 rings (SSSR count). The van der Waals surface area contributed by atoms with Crippen LogP contribution in [-0.2, 0) is 16.4 Å². The maximum atomic E-state index is 13.6. The first-order chi connectivity index (χ1) is 20.6. The van der Waals surface area contributed by atoms with Crippen molar-refractivity contribution in [2.75, 3.05) is 38.4 Å². The van der Waals surface area contributed by atoms with Crippen molar-refractivity contribution in [2.45, 2.75) is 43.7 Å². The Bertz CT molecular complexity index is 1440. The van der Waals surface area contributed by atoms with E-state index in [0.717, 1.165) is 12.0 Å². The highest BCUT2D eigenvalue weighted by atomic mass is 32.2. The lowest BCUT2D eigenvalue weighted by Crippen LogP contribution is -2.50. The number of aliphatic hydroxyl groups excluding tert-OH is 1. The van der Waals surface area contributed by atoms with Gasteiger partial charge in [0, 0.05) is 38.1 Å². The minimum atomic E-state index is -4.05. The maximum Gasteiger partial charge on any atom is 0.404 e. The number of aliphatic hydroxyl groups is 1. The summed E-state index contributed by atoms with van der Waals surface area (Å²) in [6.07, 6.45) is 1.51. The zero-order valence-corrected chi connectivity index (χ0v) is 24.9. The summed E-state index contributed by atoms with van der Waals surface area (Å²) in [5.74, 6) is 1.91. The number of carbonyl (C=O) groups is 1. The molecule has 0 unspecified atom stereocenters. The molecule has 4 N–H and O–H groups in total.